The zero-order valence-corrected chi connectivity index (χ0v) is 11.9. The van der Waals surface area contributed by atoms with E-state index >= 15 is 0 Å². The highest BCUT2D eigenvalue weighted by molar-refractivity contribution is 5.78. The number of benzene rings is 1. The van der Waals surface area contributed by atoms with Gasteiger partial charge in [-0.05, 0) is 38.5 Å². The minimum Gasteiger partial charge on any atom is -0.435 e. The zero-order chi connectivity index (χ0) is 15.2. The Kier molecular flexibility index (Phi) is 5.88. The van der Waals surface area contributed by atoms with Crippen molar-refractivity contribution in [2.24, 2.45) is 0 Å². The Bertz CT molecular complexity index is 428. The monoisotopic (exact) mass is 286 g/mol. The molecule has 1 aromatic rings. The molecule has 112 valence electrons. The predicted molar refractivity (Wildman–Crippen MR) is 72.7 cm³/mol. The average molecular weight is 286 g/mol. The van der Waals surface area contributed by atoms with Crippen LogP contribution in [0.15, 0.2) is 24.3 Å². The first kappa shape index (κ1) is 16.4. The second-order valence-corrected chi connectivity index (χ2v) is 5.42. The standard InChI is InChI=1S/C14H20F2N2O2/c1-14(2,3)18-12(19)9-17-8-10-4-6-11(7-5-10)20-13(15)16/h4-7,13,17H,8-9H2,1-3H3,(H,18,19). The van der Waals surface area contributed by atoms with Crippen LogP contribution in [-0.2, 0) is 11.3 Å². The summed E-state index contributed by atoms with van der Waals surface area (Å²) < 4.78 is 28.2. The fourth-order valence-corrected chi connectivity index (χ4v) is 1.57. The number of hydrogen-bond donors (Lipinski definition) is 2. The number of alkyl halides is 2. The average Bonchev–Trinajstić information content (AvgIpc) is 2.28. The molecule has 1 amide bonds. The first-order chi connectivity index (χ1) is 9.26. The maximum atomic E-state index is 12.0. The molecule has 0 fully saturated rings. The van der Waals surface area contributed by atoms with Crippen molar-refractivity contribution >= 4 is 5.91 Å². The molecule has 0 spiro atoms. The largest absolute Gasteiger partial charge is 0.435 e. The highest BCUT2D eigenvalue weighted by atomic mass is 19.3. The van der Waals surface area contributed by atoms with E-state index in [2.05, 4.69) is 15.4 Å². The van der Waals surface area contributed by atoms with E-state index in [0.29, 0.717) is 6.54 Å². The van der Waals surface area contributed by atoms with E-state index < -0.39 is 6.61 Å². The maximum absolute atomic E-state index is 12.0. The minimum absolute atomic E-state index is 0.0878. The molecule has 2 N–H and O–H groups in total. The van der Waals surface area contributed by atoms with Crippen molar-refractivity contribution < 1.29 is 18.3 Å². The third-order valence-corrected chi connectivity index (χ3v) is 2.28. The molecule has 0 saturated heterocycles. The van der Waals surface area contributed by atoms with Gasteiger partial charge in [0.05, 0.1) is 6.54 Å². The number of rotatable bonds is 6. The van der Waals surface area contributed by atoms with Crippen LogP contribution in [0.3, 0.4) is 0 Å². The molecule has 0 aliphatic carbocycles. The lowest BCUT2D eigenvalue weighted by molar-refractivity contribution is -0.121. The van der Waals surface area contributed by atoms with Crippen molar-refractivity contribution in [3.8, 4) is 5.75 Å². The zero-order valence-electron chi connectivity index (χ0n) is 11.9. The molecule has 0 heterocycles. The van der Waals surface area contributed by atoms with Crippen LogP contribution < -0.4 is 15.4 Å². The highest BCUT2D eigenvalue weighted by Gasteiger charge is 2.12. The van der Waals surface area contributed by atoms with Crippen LogP contribution in [0, 0.1) is 0 Å². The molecule has 0 aliphatic heterocycles. The van der Waals surface area contributed by atoms with Crippen LogP contribution in [-0.4, -0.2) is 24.6 Å². The summed E-state index contributed by atoms with van der Waals surface area (Å²) in [5, 5.41) is 5.81. The third kappa shape index (κ3) is 7.04. The number of ether oxygens (including phenoxy) is 1. The molecule has 1 aromatic carbocycles. The Labute approximate surface area is 117 Å². The summed E-state index contributed by atoms with van der Waals surface area (Å²) >= 11 is 0. The lowest BCUT2D eigenvalue weighted by Gasteiger charge is -2.20. The van der Waals surface area contributed by atoms with Crippen LogP contribution in [0.2, 0.25) is 0 Å². The van der Waals surface area contributed by atoms with Crippen LogP contribution in [0.25, 0.3) is 0 Å². The fraction of sp³-hybridized carbons (Fsp3) is 0.500. The van der Waals surface area contributed by atoms with Gasteiger partial charge in [0.1, 0.15) is 5.75 Å². The highest BCUT2D eigenvalue weighted by Crippen LogP contribution is 2.14. The quantitative estimate of drug-likeness (QED) is 0.843. The molecule has 0 unspecified atom stereocenters. The summed E-state index contributed by atoms with van der Waals surface area (Å²) in [4.78, 5) is 11.5. The van der Waals surface area contributed by atoms with Gasteiger partial charge in [-0.25, -0.2) is 0 Å². The van der Waals surface area contributed by atoms with Crippen LogP contribution in [0.4, 0.5) is 8.78 Å². The van der Waals surface area contributed by atoms with E-state index in [1.165, 1.54) is 12.1 Å². The van der Waals surface area contributed by atoms with Crippen molar-refractivity contribution in [3.63, 3.8) is 0 Å². The summed E-state index contributed by atoms with van der Waals surface area (Å²) in [5.41, 5.74) is 0.627. The van der Waals surface area contributed by atoms with Crippen LogP contribution >= 0.6 is 0 Å². The van der Waals surface area contributed by atoms with Crippen molar-refractivity contribution in [1.29, 1.82) is 0 Å². The van der Waals surface area contributed by atoms with Crippen LogP contribution in [0.1, 0.15) is 26.3 Å². The van der Waals surface area contributed by atoms with E-state index in [1.807, 2.05) is 20.8 Å². The molecule has 0 radical (unpaired) electrons. The van der Waals surface area contributed by atoms with Crippen molar-refractivity contribution in [2.45, 2.75) is 39.5 Å². The first-order valence-corrected chi connectivity index (χ1v) is 6.32. The summed E-state index contributed by atoms with van der Waals surface area (Å²) in [5.74, 6) is 0.0318. The van der Waals surface area contributed by atoms with Gasteiger partial charge in [-0.3, -0.25) is 4.79 Å². The normalized spacial score (nSPS) is 11.5. The van der Waals surface area contributed by atoms with Crippen molar-refractivity contribution in [3.05, 3.63) is 29.8 Å². The van der Waals surface area contributed by atoms with E-state index in [4.69, 9.17) is 0 Å². The number of hydrogen-bond acceptors (Lipinski definition) is 3. The minimum atomic E-state index is -2.82. The molecule has 0 aliphatic rings. The molecule has 0 bridgehead atoms. The van der Waals surface area contributed by atoms with Gasteiger partial charge < -0.3 is 15.4 Å². The molecule has 1 rings (SSSR count). The second kappa shape index (κ2) is 7.19. The van der Waals surface area contributed by atoms with E-state index in [-0.39, 0.29) is 23.7 Å². The molecular formula is C14H20F2N2O2. The summed E-state index contributed by atoms with van der Waals surface area (Å²) in [6.45, 7) is 3.59. The Hall–Kier alpha value is -1.69. The van der Waals surface area contributed by atoms with E-state index in [0.717, 1.165) is 5.56 Å². The Morgan fingerprint density at radius 1 is 1.25 bits per heavy atom. The molecular weight excluding hydrogens is 266 g/mol. The van der Waals surface area contributed by atoms with Gasteiger partial charge in [-0.2, -0.15) is 8.78 Å². The van der Waals surface area contributed by atoms with E-state index in [9.17, 15) is 13.6 Å². The van der Waals surface area contributed by atoms with Gasteiger partial charge in [0.15, 0.2) is 0 Å². The third-order valence-electron chi connectivity index (χ3n) is 2.28. The fourth-order valence-electron chi connectivity index (χ4n) is 1.57. The Balaban J connectivity index is 2.33. The second-order valence-electron chi connectivity index (χ2n) is 5.42. The maximum Gasteiger partial charge on any atom is 0.387 e. The summed E-state index contributed by atoms with van der Waals surface area (Å²) in [6, 6.07) is 6.29. The van der Waals surface area contributed by atoms with Gasteiger partial charge in [-0.1, -0.05) is 12.1 Å². The number of amides is 1. The van der Waals surface area contributed by atoms with Crippen molar-refractivity contribution in [2.75, 3.05) is 6.54 Å². The molecule has 0 aromatic heterocycles. The predicted octanol–water partition coefficient (Wildman–Crippen LogP) is 2.29. The lowest BCUT2D eigenvalue weighted by Crippen LogP contribution is -2.44. The van der Waals surface area contributed by atoms with Crippen molar-refractivity contribution in [1.82, 2.24) is 10.6 Å². The van der Waals surface area contributed by atoms with Gasteiger partial charge in [0.2, 0.25) is 5.91 Å². The summed E-state index contributed by atoms with van der Waals surface area (Å²) in [7, 11) is 0. The molecule has 6 heteroatoms. The van der Waals surface area contributed by atoms with Gasteiger partial charge >= 0.3 is 6.61 Å². The smallest absolute Gasteiger partial charge is 0.387 e. The van der Waals surface area contributed by atoms with E-state index in [1.54, 1.807) is 12.1 Å². The molecule has 0 saturated carbocycles. The van der Waals surface area contributed by atoms with Gasteiger partial charge in [0, 0.05) is 12.1 Å². The van der Waals surface area contributed by atoms with Gasteiger partial charge in [-0.15, -0.1) is 0 Å². The molecule has 0 atom stereocenters. The van der Waals surface area contributed by atoms with Crippen LogP contribution in [0.5, 0.6) is 5.75 Å². The topological polar surface area (TPSA) is 50.4 Å². The SMILES string of the molecule is CC(C)(C)NC(=O)CNCc1ccc(OC(F)F)cc1. The Morgan fingerprint density at radius 3 is 2.35 bits per heavy atom. The number of halogens is 2. The number of carbonyl (C=O) groups is 1. The number of nitrogens with one attached hydrogen (secondary N) is 2. The Morgan fingerprint density at radius 2 is 1.85 bits per heavy atom. The first-order valence-electron chi connectivity index (χ1n) is 6.32. The molecule has 20 heavy (non-hydrogen) atoms. The molecule has 4 nitrogen and oxygen atoms in total. The summed E-state index contributed by atoms with van der Waals surface area (Å²) in [6.07, 6.45) is 0. The van der Waals surface area contributed by atoms with Gasteiger partial charge in [0.25, 0.3) is 0 Å². The lowest BCUT2D eigenvalue weighted by atomic mass is 10.1. The number of carbonyl (C=O) groups excluding carboxylic acids is 1.